The van der Waals surface area contributed by atoms with E-state index < -0.39 is 0 Å². The normalized spacial score (nSPS) is 11.0. The number of rotatable bonds is 6. The number of imidazole rings is 1. The lowest BCUT2D eigenvalue weighted by Gasteiger charge is -2.10. The first-order chi connectivity index (χ1) is 12.0. The van der Waals surface area contributed by atoms with Crippen LogP contribution in [0, 0.1) is 13.8 Å². The monoisotopic (exact) mass is 340 g/mol. The van der Waals surface area contributed by atoms with Crippen LogP contribution in [0.5, 0.6) is 0 Å². The van der Waals surface area contributed by atoms with E-state index in [-0.39, 0.29) is 18.1 Å². The van der Waals surface area contributed by atoms with Gasteiger partial charge in [-0.15, -0.1) is 0 Å². The molecule has 0 saturated carbocycles. The number of aromatic amines is 1. The molecule has 0 spiro atoms. The molecule has 2 heterocycles. The lowest BCUT2D eigenvalue weighted by atomic mass is 10.3. The summed E-state index contributed by atoms with van der Waals surface area (Å²) in [4.78, 5) is 35.1. The number of aromatic nitrogens is 4. The molecule has 0 fully saturated rings. The van der Waals surface area contributed by atoms with E-state index in [2.05, 4.69) is 25.6 Å². The number of nitrogens with zero attached hydrogens (tertiary/aromatic N) is 3. The maximum absolute atomic E-state index is 12.0. The molecule has 3 rings (SSSR count). The number of aryl methyl sites for hydroxylation is 2. The molecule has 0 saturated heterocycles. The van der Waals surface area contributed by atoms with Crippen LogP contribution in [0.25, 0.3) is 11.0 Å². The van der Waals surface area contributed by atoms with Gasteiger partial charge >= 0.3 is 5.69 Å². The average Bonchev–Trinajstić information content (AvgIpc) is 2.95. The highest BCUT2D eigenvalue weighted by Gasteiger charge is 2.07. The maximum Gasteiger partial charge on any atom is 0.347 e. The Balaban J connectivity index is 1.49. The van der Waals surface area contributed by atoms with Crippen LogP contribution in [-0.2, 0) is 11.3 Å². The Morgan fingerprint density at radius 2 is 2.04 bits per heavy atom. The van der Waals surface area contributed by atoms with E-state index in [1.165, 1.54) is 0 Å². The predicted octanol–water partition coefficient (Wildman–Crippen LogP) is 0.965. The number of amides is 1. The Labute approximate surface area is 144 Å². The van der Waals surface area contributed by atoms with E-state index in [9.17, 15) is 9.59 Å². The number of hydrogen-bond acceptors (Lipinski definition) is 5. The highest BCUT2D eigenvalue weighted by molar-refractivity contribution is 5.92. The number of benzene rings is 1. The Morgan fingerprint density at radius 3 is 2.80 bits per heavy atom. The van der Waals surface area contributed by atoms with E-state index in [0.717, 1.165) is 16.7 Å². The molecule has 8 nitrogen and oxygen atoms in total. The summed E-state index contributed by atoms with van der Waals surface area (Å²) in [6.07, 6.45) is 0. The standard InChI is InChI=1S/C17H20N6O2/c1-11-9-12(2)23(17(25)19-11)8-7-18-10-15(24)22-16-20-13-5-3-4-6-14(13)21-16/h3-6,9,18H,7-8,10H2,1-2H3,(H2,20,21,22,24). The summed E-state index contributed by atoms with van der Waals surface area (Å²) in [6.45, 7) is 4.72. The van der Waals surface area contributed by atoms with Crippen LogP contribution >= 0.6 is 0 Å². The molecule has 0 unspecified atom stereocenters. The number of H-pyrrole nitrogens is 1. The number of hydrogen-bond donors (Lipinski definition) is 3. The highest BCUT2D eigenvalue weighted by atomic mass is 16.2. The number of carbonyl (C=O) groups excluding carboxylic acids is 1. The zero-order chi connectivity index (χ0) is 17.8. The molecule has 130 valence electrons. The Kier molecular flexibility index (Phi) is 4.90. The third-order valence-electron chi connectivity index (χ3n) is 3.79. The highest BCUT2D eigenvalue weighted by Crippen LogP contribution is 2.12. The van der Waals surface area contributed by atoms with Crippen LogP contribution < -0.4 is 16.3 Å². The van der Waals surface area contributed by atoms with Gasteiger partial charge in [-0.2, -0.15) is 4.98 Å². The minimum atomic E-state index is -0.272. The maximum atomic E-state index is 12.0. The van der Waals surface area contributed by atoms with Gasteiger partial charge in [0.25, 0.3) is 0 Å². The topological polar surface area (TPSA) is 105 Å². The van der Waals surface area contributed by atoms with Crippen molar-refractivity contribution in [2.45, 2.75) is 20.4 Å². The number of fused-ring (bicyclic) bond motifs is 1. The summed E-state index contributed by atoms with van der Waals surface area (Å²) in [6, 6.07) is 9.41. The lowest BCUT2D eigenvalue weighted by molar-refractivity contribution is -0.115. The van der Waals surface area contributed by atoms with Gasteiger partial charge in [0.15, 0.2) is 0 Å². The van der Waals surface area contributed by atoms with Gasteiger partial charge in [-0.1, -0.05) is 12.1 Å². The first kappa shape index (κ1) is 16.8. The van der Waals surface area contributed by atoms with E-state index in [4.69, 9.17) is 0 Å². The van der Waals surface area contributed by atoms with Crippen molar-refractivity contribution < 1.29 is 4.79 Å². The van der Waals surface area contributed by atoms with Gasteiger partial charge in [-0.3, -0.25) is 14.7 Å². The van der Waals surface area contributed by atoms with Crippen LogP contribution in [-0.4, -0.2) is 38.5 Å². The molecule has 0 bridgehead atoms. The Bertz CT molecular complexity index is 926. The van der Waals surface area contributed by atoms with Crippen molar-refractivity contribution >= 4 is 22.9 Å². The minimum Gasteiger partial charge on any atom is -0.324 e. The van der Waals surface area contributed by atoms with Crippen LogP contribution in [0.3, 0.4) is 0 Å². The molecule has 0 aliphatic rings. The van der Waals surface area contributed by atoms with Gasteiger partial charge in [0.1, 0.15) is 0 Å². The molecular formula is C17H20N6O2. The molecule has 1 amide bonds. The van der Waals surface area contributed by atoms with Gasteiger partial charge in [0.05, 0.1) is 17.6 Å². The fourth-order valence-corrected chi connectivity index (χ4v) is 2.63. The Hall–Kier alpha value is -3.00. The van der Waals surface area contributed by atoms with Crippen molar-refractivity contribution in [1.29, 1.82) is 0 Å². The predicted molar refractivity (Wildman–Crippen MR) is 95.6 cm³/mol. The SMILES string of the molecule is Cc1cc(C)n(CCNCC(=O)Nc2nc3ccccc3[nH]2)c(=O)n1. The second-order valence-corrected chi connectivity index (χ2v) is 5.80. The fraction of sp³-hybridized carbons (Fsp3) is 0.294. The van der Waals surface area contributed by atoms with Crippen molar-refractivity contribution in [2.75, 3.05) is 18.4 Å². The fourth-order valence-electron chi connectivity index (χ4n) is 2.63. The smallest absolute Gasteiger partial charge is 0.324 e. The van der Waals surface area contributed by atoms with Crippen LogP contribution in [0.1, 0.15) is 11.4 Å². The molecule has 8 heteroatoms. The number of anilines is 1. The van der Waals surface area contributed by atoms with Gasteiger partial charge < -0.3 is 10.3 Å². The zero-order valence-corrected chi connectivity index (χ0v) is 14.2. The van der Waals surface area contributed by atoms with E-state index in [1.807, 2.05) is 37.3 Å². The summed E-state index contributed by atoms with van der Waals surface area (Å²) in [5.41, 5.74) is 2.95. The van der Waals surface area contributed by atoms with Crippen molar-refractivity contribution in [1.82, 2.24) is 24.8 Å². The molecule has 2 aromatic heterocycles. The average molecular weight is 340 g/mol. The molecule has 25 heavy (non-hydrogen) atoms. The van der Waals surface area contributed by atoms with E-state index in [0.29, 0.717) is 24.7 Å². The first-order valence-corrected chi connectivity index (χ1v) is 8.03. The van der Waals surface area contributed by atoms with Gasteiger partial charge in [-0.25, -0.2) is 9.78 Å². The number of nitrogens with one attached hydrogen (secondary N) is 3. The van der Waals surface area contributed by atoms with Crippen LogP contribution in [0.2, 0.25) is 0 Å². The Morgan fingerprint density at radius 1 is 1.24 bits per heavy atom. The summed E-state index contributed by atoms with van der Waals surface area (Å²) >= 11 is 0. The molecular weight excluding hydrogens is 320 g/mol. The van der Waals surface area contributed by atoms with E-state index in [1.54, 1.807) is 11.5 Å². The second-order valence-electron chi connectivity index (χ2n) is 5.80. The van der Waals surface area contributed by atoms with Gasteiger partial charge in [0, 0.05) is 24.5 Å². The van der Waals surface area contributed by atoms with Gasteiger partial charge in [0.2, 0.25) is 11.9 Å². The van der Waals surface area contributed by atoms with Crippen LogP contribution in [0.15, 0.2) is 35.1 Å². The lowest BCUT2D eigenvalue weighted by Crippen LogP contribution is -2.34. The number of para-hydroxylation sites is 2. The molecule has 3 aromatic rings. The van der Waals surface area contributed by atoms with Crippen molar-refractivity contribution in [3.05, 3.63) is 52.2 Å². The molecule has 1 aromatic carbocycles. The molecule has 0 atom stereocenters. The summed E-state index contributed by atoms with van der Waals surface area (Å²) in [7, 11) is 0. The third-order valence-corrected chi connectivity index (χ3v) is 3.79. The van der Waals surface area contributed by atoms with E-state index >= 15 is 0 Å². The number of carbonyl (C=O) groups is 1. The zero-order valence-electron chi connectivity index (χ0n) is 14.2. The van der Waals surface area contributed by atoms with Crippen molar-refractivity contribution in [3.8, 4) is 0 Å². The van der Waals surface area contributed by atoms with Gasteiger partial charge in [-0.05, 0) is 32.0 Å². The summed E-state index contributed by atoms with van der Waals surface area (Å²) in [5, 5.41) is 5.73. The third kappa shape index (κ3) is 4.10. The van der Waals surface area contributed by atoms with Crippen molar-refractivity contribution in [2.24, 2.45) is 0 Å². The van der Waals surface area contributed by atoms with Crippen molar-refractivity contribution in [3.63, 3.8) is 0 Å². The summed E-state index contributed by atoms with van der Waals surface area (Å²) in [5.74, 6) is 0.216. The largest absolute Gasteiger partial charge is 0.347 e. The quantitative estimate of drug-likeness (QED) is 0.580. The summed E-state index contributed by atoms with van der Waals surface area (Å²) < 4.78 is 1.58. The van der Waals surface area contributed by atoms with Crippen LogP contribution in [0.4, 0.5) is 5.95 Å². The second kappa shape index (κ2) is 7.27. The molecule has 0 aliphatic heterocycles. The molecule has 0 aliphatic carbocycles. The molecule has 0 radical (unpaired) electrons. The minimum absolute atomic E-state index is 0.129. The molecule has 3 N–H and O–H groups in total. The first-order valence-electron chi connectivity index (χ1n) is 8.03.